The zero-order valence-electron chi connectivity index (χ0n) is 12.9. The Morgan fingerprint density at radius 3 is 2.82 bits per heavy atom. The summed E-state index contributed by atoms with van der Waals surface area (Å²) in [5.74, 6) is 2.20. The van der Waals surface area contributed by atoms with Crippen molar-refractivity contribution in [3.05, 3.63) is 48.4 Å². The van der Waals surface area contributed by atoms with E-state index in [1.165, 1.54) is 4.90 Å². The highest BCUT2D eigenvalue weighted by Crippen LogP contribution is 2.32. The van der Waals surface area contributed by atoms with Gasteiger partial charge in [-0.2, -0.15) is 4.98 Å². The Bertz CT molecular complexity index is 765. The summed E-state index contributed by atoms with van der Waals surface area (Å²) in [4.78, 5) is 10.1. The van der Waals surface area contributed by atoms with Gasteiger partial charge in [-0.3, -0.25) is 0 Å². The molecule has 0 unspecified atom stereocenters. The van der Waals surface area contributed by atoms with Gasteiger partial charge in [0.25, 0.3) is 0 Å². The van der Waals surface area contributed by atoms with Crippen LogP contribution in [0.5, 0.6) is 0 Å². The van der Waals surface area contributed by atoms with E-state index in [2.05, 4.69) is 45.0 Å². The Balaban J connectivity index is 2.08. The molecule has 3 rings (SSSR count). The average Bonchev–Trinajstić information content (AvgIpc) is 3.18. The average molecular weight is 314 g/mol. The van der Waals surface area contributed by atoms with Crippen molar-refractivity contribution >= 4 is 11.8 Å². The van der Waals surface area contributed by atoms with Crippen LogP contribution in [0, 0.1) is 6.92 Å². The lowest BCUT2D eigenvalue weighted by atomic mass is 10.1. The number of aromatic nitrogens is 4. The predicted octanol–water partition coefficient (Wildman–Crippen LogP) is 3.96. The molecule has 0 radical (unpaired) electrons. The van der Waals surface area contributed by atoms with Crippen LogP contribution < -0.4 is 0 Å². The zero-order chi connectivity index (χ0) is 15.5. The van der Waals surface area contributed by atoms with Crippen LogP contribution in [0.3, 0.4) is 0 Å². The van der Waals surface area contributed by atoms with Crippen molar-refractivity contribution in [3.63, 3.8) is 0 Å². The Hall–Kier alpha value is -2.08. The highest BCUT2D eigenvalue weighted by atomic mass is 32.2. The molecule has 0 fully saturated rings. The molecule has 2 aromatic heterocycles. The molecule has 2 heterocycles. The molecular weight excluding hydrogens is 296 g/mol. The molecule has 5 nitrogen and oxygen atoms in total. The first kappa shape index (κ1) is 14.8. The van der Waals surface area contributed by atoms with Gasteiger partial charge < -0.3 is 9.09 Å². The van der Waals surface area contributed by atoms with Crippen LogP contribution in [0.2, 0.25) is 0 Å². The normalized spacial score (nSPS) is 12.5. The molecule has 0 N–H and O–H groups in total. The van der Waals surface area contributed by atoms with Crippen molar-refractivity contribution in [1.29, 1.82) is 0 Å². The largest absolute Gasteiger partial charge is 0.337 e. The fourth-order valence-electron chi connectivity index (χ4n) is 2.54. The molecule has 0 spiro atoms. The highest BCUT2D eigenvalue weighted by Gasteiger charge is 2.22. The Kier molecular flexibility index (Phi) is 4.29. The van der Waals surface area contributed by atoms with E-state index in [1.54, 1.807) is 11.8 Å². The molecule has 6 heteroatoms. The summed E-state index contributed by atoms with van der Waals surface area (Å²) in [5.41, 5.74) is 1.12. The fourth-order valence-corrected chi connectivity index (χ4v) is 3.14. The van der Waals surface area contributed by atoms with E-state index in [-0.39, 0.29) is 6.04 Å². The van der Waals surface area contributed by atoms with Gasteiger partial charge in [-0.1, -0.05) is 30.3 Å². The van der Waals surface area contributed by atoms with Gasteiger partial charge in [0, 0.05) is 22.9 Å². The van der Waals surface area contributed by atoms with Crippen LogP contribution in [-0.2, 0) is 0 Å². The van der Waals surface area contributed by atoms with Crippen molar-refractivity contribution in [2.45, 2.75) is 31.2 Å². The van der Waals surface area contributed by atoms with Crippen LogP contribution in [-0.4, -0.2) is 25.9 Å². The molecule has 0 amide bonds. The van der Waals surface area contributed by atoms with Crippen LogP contribution in [0.1, 0.15) is 31.1 Å². The molecule has 0 saturated heterocycles. The molecule has 114 valence electrons. The van der Waals surface area contributed by atoms with Gasteiger partial charge in [0.15, 0.2) is 5.82 Å². The lowest BCUT2D eigenvalue weighted by molar-refractivity contribution is 0.331. The SMILES string of the molecule is CC[C@@H](c1nc(C)no1)n1ccnc1-c1ccccc1SC. The van der Waals surface area contributed by atoms with E-state index in [4.69, 9.17) is 4.52 Å². The topological polar surface area (TPSA) is 56.7 Å². The van der Waals surface area contributed by atoms with E-state index in [9.17, 15) is 0 Å². The fraction of sp³-hybridized carbons (Fsp3) is 0.312. The second-order valence-corrected chi connectivity index (χ2v) is 5.81. The van der Waals surface area contributed by atoms with Crippen LogP contribution in [0.15, 0.2) is 46.1 Å². The summed E-state index contributed by atoms with van der Waals surface area (Å²) >= 11 is 1.72. The van der Waals surface area contributed by atoms with Gasteiger partial charge in [0.1, 0.15) is 11.9 Å². The molecule has 0 aliphatic rings. The summed E-state index contributed by atoms with van der Waals surface area (Å²) in [6, 6.07) is 8.27. The van der Waals surface area contributed by atoms with Gasteiger partial charge in [0.2, 0.25) is 5.89 Å². The lowest BCUT2D eigenvalue weighted by Gasteiger charge is -2.16. The number of thioether (sulfide) groups is 1. The van der Waals surface area contributed by atoms with E-state index < -0.39 is 0 Å². The van der Waals surface area contributed by atoms with Gasteiger partial charge in [0.05, 0.1) is 0 Å². The summed E-state index contributed by atoms with van der Waals surface area (Å²) in [6.45, 7) is 3.94. The summed E-state index contributed by atoms with van der Waals surface area (Å²) in [5, 5.41) is 3.91. The van der Waals surface area contributed by atoms with Gasteiger partial charge in [-0.25, -0.2) is 4.98 Å². The maximum absolute atomic E-state index is 5.37. The van der Waals surface area contributed by atoms with E-state index in [0.717, 1.165) is 17.8 Å². The molecule has 3 aromatic rings. The van der Waals surface area contributed by atoms with E-state index in [0.29, 0.717) is 11.7 Å². The summed E-state index contributed by atoms with van der Waals surface area (Å²) < 4.78 is 7.49. The van der Waals surface area contributed by atoms with E-state index >= 15 is 0 Å². The zero-order valence-corrected chi connectivity index (χ0v) is 13.7. The van der Waals surface area contributed by atoms with Gasteiger partial charge in [-0.05, 0) is 25.7 Å². The van der Waals surface area contributed by atoms with E-state index in [1.807, 2.05) is 31.5 Å². The summed E-state index contributed by atoms with van der Waals surface area (Å²) in [6.07, 6.45) is 6.72. The Labute approximate surface area is 133 Å². The number of hydrogen-bond acceptors (Lipinski definition) is 5. The minimum atomic E-state index is -0.00591. The standard InChI is InChI=1S/C16H18N4OS/c1-4-13(16-18-11(2)19-21-16)20-10-9-17-15(20)12-7-5-6-8-14(12)22-3/h5-10,13H,4H2,1-3H3/t13-/m0/s1. The first-order valence-electron chi connectivity index (χ1n) is 7.21. The highest BCUT2D eigenvalue weighted by molar-refractivity contribution is 7.98. The molecule has 22 heavy (non-hydrogen) atoms. The molecular formula is C16H18N4OS. The number of aryl methyl sites for hydroxylation is 1. The molecule has 0 aliphatic carbocycles. The predicted molar refractivity (Wildman–Crippen MR) is 86.9 cm³/mol. The first-order chi connectivity index (χ1) is 10.7. The van der Waals surface area contributed by atoms with Crippen LogP contribution >= 0.6 is 11.8 Å². The van der Waals surface area contributed by atoms with Crippen molar-refractivity contribution in [1.82, 2.24) is 19.7 Å². The molecule has 1 atom stereocenters. The number of benzene rings is 1. The third-order valence-electron chi connectivity index (χ3n) is 3.57. The summed E-state index contributed by atoms with van der Waals surface area (Å²) in [7, 11) is 0. The molecule has 1 aromatic carbocycles. The smallest absolute Gasteiger partial charge is 0.249 e. The second-order valence-electron chi connectivity index (χ2n) is 4.96. The van der Waals surface area contributed by atoms with Gasteiger partial charge in [-0.15, -0.1) is 11.8 Å². The number of hydrogen-bond donors (Lipinski definition) is 0. The quantitative estimate of drug-likeness (QED) is 0.667. The minimum absolute atomic E-state index is 0.00591. The van der Waals surface area contributed by atoms with Crippen molar-refractivity contribution < 1.29 is 4.52 Å². The van der Waals surface area contributed by atoms with Crippen molar-refractivity contribution in [2.24, 2.45) is 0 Å². The van der Waals surface area contributed by atoms with Crippen LogP contribution in [0.4, 0.5) is 0 Å². The van der Waals surface area contributed by atoms with Crippen LogP contribution in [0.25, 0.3) is 11.4 Å². The first-order valence-corrected chi connectivity index (χ1v) is 8.43. The number of nitrogens with zero attached hydrogens (tertiary/aromatic N) is 4. The molecule has 0 aliphatic heterocycles. The number of rotatable bonds is 5. The maximum atomic E-state index is 5.37. The molecule has 0 bridgehead atoms. The lowest BCUT2D eigenvalue weighted by Crippen LogP contribution is -2.11. The van der Waals surface area contributed by atoms with Gasteiger partial charge >= 0.3 is 0 Å². The Morgan fingerprint density at radius 2 is 2.14 bits per heavy atom. The third kappa shape index (κ3) is 2.66. The maximum Gasteiger partial charge on any atom is 0.249 e. The van der Waals surface area contributed by atoms with Crippen molar-refractivity contribution in [3.8, 4) is 11.4 Å². The second kappa shape index (κ2) is 6.36. The number of imidazole rings is 1. The third-order valence-corrected chi connectivity index (χ3v) is 4.36. The Morgan fingerprint density at radius 1 is 1.32 bits per heavy atom. The monoisotopic (exact) mass is 314 g/mol. The molecule has 0 saturated carbocycles. The minimum Gasteiger partial charge on any atom is -0.337 e. The van der Waals surface area contributed by atoms with Crippen molar-refractivity contribution in [2.75, 3.05) is 6.26 Å².